The first-order valence-corrected chi connectivity index (χ1v) is 12.8. The molecule has 0 spiro atoms. The Morgan fingerprint density at radius 1 is 1.07 bits per heavy atom. The maximum Gasteiger partial charge on any atom is 0.337 e. The average molecular weight is 557 g/mol. The van der Waals surface area contributed by atoms with Crippen LogP contribution in [0.5, 0.6) is 23.0 Å². The summed E-state index contributed by atoms with van der Waals surface area (Å²) in [6, 6.07) is 9.23. The van der Waals surface area contributed by atoms with Crippen molar-refractivity contribution < 1.29 is 38.4 Å². The SMILES string of the molecule is CCCOc1ccc(/C=N\N[C@H](O)COc2ccc([C@H]3NC(=O)NC(C)=C3C(=O)OC)cc2OCC)cc1OC. The van der Waals surface area contributed by atoms with E-state index in [1.807, 2.05) is 19.9 Å². The molecule has 0 radical (unpaired) electrons. The fourth-order valence-electron chi connectivity index (χ4n) is 3.92. The molecule has 1 aliphatic heterocycles. The third kappa shape index (κ3) is 7.79. The normalized spacial score (nSPS) is 15.7. The fourth-order valence-corrected chi connectivity index (χ4v) is 3.92. The van der Waals surface area contributed by atoms with E-state index < -0.39 is 24.3 Å². The summed E-state index contributed by atoms with van der Waals surface area (Å²) in [6.45, 7) is 6.26. The highest BCUT2D eigenvalue weighted by Gasteiger charge is 2.32. The van der Waals surface area contributed by atoms with Crippen molar-refractivity contribution in [2.75, 3.05) is 34.0 Å². The molecule has 0 aliphatic carbocycles. The van der Waals surface area contributed by atoms with Crippen LogP contribution in [0.2, 0.25) is 0 Å². The number of nitrogens with zero attached hydrogens (tertiary/aromatic N) is 1. The Kier molecular flexibility index (Phi) is 11.0. The number of carbonyl (C=O) groups is 2. The van der Waals surface area contributed by atoms with Crippen LogP contribution in [0, 0.1) is 0 Å². The summed E-state index contributed by atoms with van der Waals surface area (Å²) in [5, 5.41) is 19.7. The van der Waals surface area contributed by atoms with E-state index in [-0.39, 0.29) is 12.2 Å². The van der Waals surface area contributed by atoms with E-state index in [4.69, 9.17) is 23.7 Å². The Morgan fingerprint density at radius 3 is 2.52 bits per heavy atom. The van der Waals surface area contributed by atoms with E-state index in [2.05, 4.69) is 21.2 Å². The van der Waals surface area contributed by atoms with Gasteiger partial charge >= 0.3 is 12.0 Å². The van der Waals surface area contributed by atoms with Gasteiger partial charge in [0.05, 0.1) is 45.3 Å². The van der Waals surface area contributed by atoms with Gasteiger partial charge in [0.25, 0.3) is 0 Å². The Bertz CT molecular complexity index is 1250. The highest BCUT2D eigenvalue weighted by atomic mass is 16.5. The number of hydrogen-bond donors (Lipinski definition) is 4. The van der Waals surface area contributed by atoms with Crippen molar-refractivity contribution in [2.45, 2.75) is 39.5 Å². The van der Waals surface area contributed by atoms with Crippen LogP contribution in [0.3, 0.4) is 0 Å². The molecule has 1 aliphatic rings. The van der Waals surface area contributed by atoms with Crippen molar-refractivity contribution in [2.24, 2.45) is 5.10 Å². The number of allylic oxidation sites excluding steroid dienone is 1. The molecule has 216 valence electrons. The third-order valence-corrected chi connectivity index (χ3v) is 5.76. The minimum absolute atomic E-state index is 0.139. The zero-order valence-corrected chi connectivity index (χ0v) is 23.3. The number of esters is 1. The van der Waals surface area contributed by atoms with Crippen LogP contribution in [0.4, 0.5) is 4.79 Å². The summed E-state index contributed by atoms with van der Waals surface area (Å²) in [5.74, 6) is 1.41. The summed E-state index contributed by atoms with van der Waals surface area (Å²) in [4.78, 5) is 24.5. The zero-order valence-electron chi connectivity index (χ0n) is 23.3. The van der Waals surface area contributed by atoms with Gasteiger partial charge in [0.1, 0.15) is 6.61 Å². The monoisotopic (exact) mass is 556 g/mol. The molecular weight excluding hydrogens is 520 g/mol. The topological polar surface area (TPSA) is 149 Å². The highest BCUT2D eigenvalue weighted by molar-refractivity contribution is 5.95. The van der Waals surface area contributed by atoms with Crippen molar-refractivity contribution >= 4 is 18.2 Å². The number of benzene rings is 2. The Morgan fingerprint density at radius 2 is 1.82 bits per heavy atom. The zero-order chi connectivity index (χ0) is 29.1. The number of aliphatic hydroxyl groups excluding tert-OH is 1. The van der Waals surface area contributed by atoms with Gasteiger partial charge < -0.3 is 39.4 Å². The summed E-state index contributed by atoms with van der Waals surface area (Å²) >= 11 is 0. The number of amides is 2. The smallest absolute Gasteiger partial charge is 0.337 e. The number of methoxy groups -OCH3 is 2. The molecular formula is C28H36N4O8. The maximum atomic E-state index is 12.4. The fraction of sp³-hybridized carbons (Fsp3) is 0.393. The van der Waals surface area contributed by atoms with Crippen LogP contribution in [0.15, 0.2) is 52.8 Å². The molecule has 2 atom stereocenters. The number of hydrogen-bond acceptors (Lipinski definition) is 10. The molecule has 2 aromatic carbocycles. The number of rotatable bonds is 14. The van der Waals surface area contributed by atoms with Crippen LogP contribution < -0.4 is 35.0 Å². The van der Waals surface area contributed by atoms with E-state index in [1.165, 1.54) is 13.3 Å². The summed E-state index contributed by atoms with van der Waals surface area (Å²) < 4.78 is 27.4. The molecule has 3 rings (SSSR count). The molecule has 0 unspecified atom stereocenters. The highest BCUT2D eigenvalue weighted by Crippen LogP contribution is 2.35. The molecule has 0 saturated carbocycles. The largest absolute Gasteiger partial charge is 0.493 e. The Labute approximate surface area is 233 Å². The van der Waals surface area contributed by atoms with E-state index >= 15 is 0 Å². The van der Waals surface area contributed by atoms with Crippen LogP contribution in [-0.4, -0.2) is 63.6 Å². The summed E-state index contributed by atoms with van der Waals surface area (Å²) in [7, 11) is 2.84. The maximum absolute atomic E-state index is 12.4. The molecule has 2 aromatic rings. The van der Waals surface area contributed by atoms with Gasteiger partial charge in [-0.15, -0.1) is 0 Å². The molecule has 12 nitrogen and oxygen atoms in total. The van der Waals surface area contributed by atoms with Gasteiger partial charge in [-0.2, -0.15) is 5.10 Å². The number of urea groups is 1. The van der Waals surface area contributed by atoms with Gasteiger partial charge in [0.15, 0.2) is 29.2 Å². The summed E-state index contributed by atoms with van der Waals surface area (Å²) in [6.07, 6.45) is 1.30. The van der Waals surface area contributed by atoms with E-state index in [9.17, 15) is 14.7 Å². The number of aliphatic hydroxyl groups is 1. The van der Waals surface area contributed by atoms with Crippen molar-refractivity contribution in [1.29, 1.82) is 0 Å². The molecule has 4 N–H and O–H groups in total. The van der Waals surface area contributed by atoms with Crippen LogP contribution in [0.1, 0.15) is 44.4 Å². The van der Waals surface area contributed by atoms with Gasteiger partial charge in [-0.1, -0.05) is 13.0 Å². The lowest BCUT2D eigenvalue weighted by Gasteiger charge is -2.28. The predicted octanol–water partition coefficient (Wildman–Crippen LogP) is 3.00. The first-order chi connectivity index (χ1) is 19.3. The van der Waals surface area contributed by atoms with Gasteiger partial charge in [-0.25, -0.2) is 9.59 Å². The van der Waals surface area contributed by atoms with E-state index in [1.54, 1.807) is 44.4 Å². The van der Waals surface area contributed by atoms with Crippen LogP contribution >= 0.6 is 0 Å². The summed E-state index contributed by atoms with van der Waals surface area (Å²) in [5.41, 5.74) is 4.62. The van der Waals surface area contributed by atoms with Gasteiger partial charge in [0.2, 0.25) is 0 Å². The quantitative estimate of drug-likeness (QED) is 0.119. The minimum Gasteiger partial charge on any atom is -0.493 e. The second kappa shape index (κ2) is 14.6. The first-order valence-electron chi connectivity index (χ1n) is 12.8. The molecule has 0 saturated heterocycles. The molecule has 40 heavy (non-hydrogen) atoms. The van der Waals surface area contributed by atoms with Crippen molar-refractivity contribution in [3.63, 3.8) is 0 Å². The second-order valence-electron chi connectivity index (χ2n) is 8.67. The van der Waals surface area contributed by atoms with Crippen molar-refractivity contribution in [3.8, 4) is 23.0 Å². The van der Waals surface area contributed by atoms with Crippen molar-refractivity contribution in [1.82, 2.24) is 16.1 Å². The number of nitrogens with one attached hydrogen (secondary N) is 3. The van der Waals surface area contributed by atoms with E-state index in [0.29, 0.717) is 47.5 Å². The Balaban J connectivity index is 1.66. The third-order valence-electron chi connectivity index (χ3n) is 5.76. The molecule has 0 bridgehead atoms. The molecule has 0 fully saturated rings. The van der Waals surface area contributed by atoms with Crippen molar-refractivity contribution in [3.05, 3.63) is 58.8 Å². The van der Waals surface area contributed by atoms with Gasteiger partial charge in [-0.3, -0.25) is 5.43 Å². The first kappa shape index (κ1) is 30.1. The lowest BCUT2D eigenvalue weighted by atomic mass is 9.95. The number of carbonyl (C=O) groups excluding carboxylic acids is 2. The standard InChI is InChI=1S/C28H36N4O8/c1-6-12-39-20-10-8-18(13-22(20)36-4)15-29-32-24(33)16-40-21-11-9-19(14-23(21)38-7-2)26-25(27(34)37-5)17(3)30-28(35)31-26/h8-11,13-15,24,26,32-33H,6-7,12,16H2,1-5H3,(H2,30,31,35)/b29-15-/t24-,26-/m1/s1. The lowest BCUT2D eigenvalue weighted by molar-refractivity contribution is -0.136. The molecule has 0 aromatic heterocycles. The Hall–Kier alpha value is -4.45. The average Bonchev–Trinajstić information content (AvgIpc) is 2.95. The van der Waals surface area contributed by atoms with Gasteiger partial charge in [-0.05, 0) is 61.7 Å². The minimum atomic E-state index is -1.13. The molecule has 2 amide bonds. The molecule has 1 heterocycles. The number of ether oxygens (including phenoxy) is 5. The predicted molar refractivity (Wildman–Crippen MR) is 148 cm³/mol. The van der Waals surface area contributed by atoms with Gasteiger partial charge in [0, 0.05) is 5.70 Å². The molecule has 12 heteroatoms. The van der Waals surface area contributed by atoms with E-state index in [0.717, 1.165) is 12.0 Å². The lowest BCUT2D eigenvalue weighted by Crippen LogP contribution is -2.45. The second-order valence-corrected chi connectivity index (χ2v) is 8.67. The van der Waals surface area contributed by atoms with Crippen LogP contribution in [0.25, 0.3) is 0 Å². The number of hydrazone groups is 1. The van der Waals surface area contributed by atoms with Crippen LogP contribution in [-0.2, 0) is 9.53 Å².